The molecule has 0 saturated heterocycles. The summed E-state index contributed by atoms with van der Waals surface area (Å²) in [4.78, 5) is 13.7. The van der Waals surface area contributed by atoms with Crippen LogP contribution in [-0.4, -0.2) is 33.8 Å². The number of hydrogen-bond acceptors (Lipinski definition) is 6. The van der Waals surface area contributed by atoms with Gasteiger partial charge in [-0.15, -0.1) is 10.2 Å². The Kier molecular flexibility index (Phi) is 5.60. The van der Waals surface area contributed by atoms with Crippen LogP contribution in [0.3, 0.4) is 0 Å². The maximum Gasteiger partial charge on any atom is 0.277 e. The highest BCUT2D eigenvalue weighted by Crippen LogP contribution is 2.17. The lowest BCUT2D eigenvalue weighted by atomic mass is 10.2. The molecular formula is C13H15ClN4O2S. The van der Waals surface area contributed by atoms with Gasteiger partial charge >= 0.3 is 0 Å². The lowest BCUT2D eigenvalue weighted by molar-refractivity contribution is -0.127. The molecule has 0 atom stereocenters. The van der Waals surface area contributed by atoms with Crippen molar-refractivity contribution in [2.24, 2.45) is 5.73 Å². The van der Waals surface area contributed by atoms with Crippen LogP contribution in [-0.2, 0) is 17.9 Å². The van der Waals surface area contributed by atoms with Gasteiger partial charge in [-0.2, -0.15) is 0 Å². The molecule has 6 nitrogen and oxygen atoms in total. The van der Waals surface area contributed by atoms with Crippen LogP contribution >= 0.6 is 23.4 Å². The van der Waals surface area contributed by atoms with E-state index in [0.29, 0.717) is 22.7 Å². The second kappa shape index (κ2) is 7.44. The summed E-state index contributed by atoms with van der Waals surface area (Å²) >= 11 is 7.11. The molecular weight excluding hydrogens is 312 g/mol. The summed E-state index contributed by atoms with van der Waals surface area (Å²) in [6, 6.07) is 7.42. The molecule has 112 valence electrons. The molecule has 8 heteroatoms. The molecule has 0 unspecified atom stereocenters. The van der Waals surface area contributed by atoms with Crippen LogP contribution in [0.25, 0.3) is 0 Å². The zero-order valence-electron chi connectivity index (χ0n) is 11.5. The Hall–Kier alpha value is -1.57. The Balaban J connectivity index is 1.85. The van der Waals surface area contributed by atoms with Gasteiger partial charge in [0.25, 0.3) is 5.22 Å². The maximum absolute atomic E-state index is 12.0. The number of rotatable bonds is 6. The molecule has 2 aromatic rings. The summed E-state index contributed by atoms with van der Waals surface area (Å²) in [5.74, 6) is 0.549. The van der Waals surface area contributed by atoms with E-state index in [9.17, 15) is 4.79 Å². The summed E-state index contributed by atoms with van der Waals surface area (Å²) in [6.07, 6.45) is 0. The largest absolute Gasteiger partial charge is 0.415 e. The molecule has 0 bridgehead atoms. The number of nitrogens with zero attached hydrogens (tertiary/aromatic N) is 3. The van der Waals surface area contributed by atoms with Crippen LogP contribution in [0.5, 0.6) is 0 Å². The number of amides is 1. The SMILES string of the molecule is CN(Cc1cccc(Cl)c1)C(=O)CSc1nnc(CN)o1. The van der Waals surface area contributed by atoms with E-state index < -0.39 is 0 Å². The summed E-state index contributed by atoms with van der Waals surface area (Å²) in [7, 11) is 1.74. The third kappa shape index (κ3) is 4.73. The average Bonchev–Trinajstić information content (AvgIpc) is 2.92. The van der Waals surface area contributed by atoms with Gasteiger partial charge in [-0.25, -0.2) is 0 Å². The van der Waals surface area contributed by atoms with Crippen molar-refractivity contribution < 1.29 is 9.21 Å². The van der Waals surface area contributed by atoms with Gasteiger partial charge in [-0.1, -0.05) is 35.5 Å². The standard InChI is InChI=1S/C13H15ClN4O2S/c1-18(7-9-3-2-4-10(14)5-9)12(19)8-21-13-17-16-11(6-15)20-13/h2-5H,6-8,15H2,1H3. The van der Waals surface area contributed by atoms with E-state index in [-0.39, 0.29) is 18.2 Å². The van der Waals surface area contributed by atoms with Crippen molar-refractivity contribution in [2.45, 2.75) is 18.3 Å². The first-order chi connectivity index (χ1) is 10.1. The molecule has 0 saturated carbocycles. The minimum atomic E-state index is -0.0347. The topological polar surface area (TPSA) is 85.2 Å². The molecule has 1 amide bonds. The summed E-state index contributed by atoms with van der Waals surface area (Å²) in [5, 5.41) is 8.53. The van der Waals surface area contributed by atoms with E-state index in [2.05, 4.69) is 10.2 Å². The van der Waals surface area contributed by atoms with Crippen LogP contribution in [0.4, 0.5) is 0 Å². The summed E-state index contributed by atoms with van der Waals surface area (Å²) in [5.41, 5.74) is 6.35. The Morgan fingerprint density at radius 1 is 1.48 bits per heavy atom. The van der Waals surface area contributed by atoms with Gasteiger partial charge in [0.2, 0.25) is 11.8 Å². The second-order valence-corrected chi connectivity index (χ2v) is 5.70. The Morgan fingerprint density at radius 3 is 2.95 bits per heavy atom. The Morgan fingerprint density at radius 2 is 2.29 bits per heavy atom. The molecule has 2 N–H and O–H groups in total. The lowest BCUT2D eigenvalue weighted by Crippen LogP contribution is -2.27. The molecule has 21 heavy (non-hydrogen) atoms. The molecule has 2 rings (SSSR count). The number of nitrogens with two attached hydrogens (primary N) is 1. The van der Waals surface area contributed by atoms with Gasteiger partial charge in [-0.3, -0.25) is 4.79 Å². The van der Waals surface area contributed by atoms with Crippen molar-refractivity contribution in [1.82, 2.24) is 15.1 Å². The van der Waals surface area contributed by atoms with Gasteiger partial charge in [0, 0.05) is 18.6 Å². The fourth-order valence-corrected chi connectivity index (χ4v) is 2.54. The Bertz CT molecular complexity index is 620. The van der Waals surface area contributed by atoms with Gasteiger partial charge < -0.3 is 15.1 Å². The molecule has 0 aliphatic heterocycles. The number of carbonyl (C=O) groups is 1. The van der Waals surface area contributed by atoms with Crippen molar-refractivity contribution in [3.63, 3.8) is 0 Å². The Labute approximate surface area is 131 Å². The normalized spacial score (nSPS) is 10.6. The molecule has 1 heterocycles. The monoisotopic (exact) mass is 326 g/mol. The lowest BCUT2D eigenvalue weighted by Gasteiger charge is -2.16. The van der Waals surface area contributed by atoms with E-state index in [0.717, 1.165) is 5.56 Å². The predicted molar refractivity (Wildman–Crippen MR) is 80.8 cm³/mol. The van der Waals surface area contributed by atoms with Crippen molar-refractivity contribution in [3.05, 3.63) is 40.7 Å². The number of benzene rings is 1. The first-order valence-corrected chi connectivity index (χ1v) is 7.58. The van der Waals surface area contributed by atoms with E-state index in [1.807, 2.05) is 18.2 Å². The molecule has 1 aromatic heterocycles. The maximum atomic E-state index is 12.0. The fourth-order valence-electron chi connectivity index (χ4n) is 1.61. The first kappa shape index (κ1) is 15.8. The predicted octanol–water partition coefficient (Wildman–Crippen LogP) is 1.93. The minimum Gasteiger partial charge on any atom is -0.415 e. The second-order valence-electron chi connectivity index (χ2n) is 4.33. The first-order valence-electron chi connectivity index (χ1n) is 6.22. The van der Waals surface area contributed by atoms with E-state index in [1.165, 1.54) is 11.8 Å². The average molecular weight is 327 g/mol. The van der Waals surface area contributed by atoms with Crippen molar-refractivity contribution in [1.29, 1.82) is 0 Å². The molecule has 1 aromatic carbocycles. The van der Waals surface area contributed by atoms with Crippen LogP contribution in [0.2, 0.25) is 5.02 Å². The summed E-state index contributed by atoms with van der Waals surface area (Å²) < 4.78 is 5.22. The number of carbonyl (C=O) groups excluding carboxylic acids is 1. The van der Waals surface area contributed by atoms with E-state index in [1.54, 1.807) is 18.0 Å². The molecule has 0 radical (unpaired) electrons. The number of thioether (sulfide) groups is 1. The smallest absolute Gasteiger partial charge is 0.277 e. The van der Waals surface area contributed by atoms with Crippen LogP contribution in [0.15, 0.2) is 33.9 Å². The molecule has 0 aliphatic rings. The van der Waals surface area contributed by atoms with Gasteiger partial charge in [0.15, 0.2) is 0 Å². The zero-order valence-corrected chi connectivity index (χ0v) is 13.0. The highest BCUT2D eigenvalue weighted by molar-refractivity contribution is 7.99. The minimum absolute atomic E-state index is 0.0347. The highest BCUT2D eigenvalue weighted by atomic mass is 35.5. The van der Waals surface area contributed by atoms with Crippen molar-refractivity contribution >= 4 is 29.3 Å². The van der Waals surface area contributed by atoms with Crippen LogP contribution in [0.1, 0.15) is 11.5 Å². The third-order valence-electron chi connectivity index (χ3n) is 2.68. The fraction of sp³-hybridized carbons (Fsp3) is 0.308. The van der Waals surface area contributed by atoms with Gasteiger partial charge in [0.05, 0.1) is 12.3 Å². The quantitative estimate of drug-likeness (QED) is 0.816. The van der Waals surface area contributed by atoms with Crippen molar-refractivity contribution in [2.75, 3.05) is 12.8 Å². The van der Waals surface area contributed by atoms with E-state index >= 15 is 0 Å². The number of aromatic nitrogens is 2. The molecule has 0 spiro atoms. The molecule has 0 fully saturated rings. The van der Waals surface area contributed by atoms with Crippen molar-refractivity contribution in [3.8, 4) is 0 Å². The number of hydrogen-bond donors (Lipinski definition) is 1. The van der Waals surface area contributed by atoms with E-state index in [4.69, 9.17) is 21.8 Å². The molecule has 0 aliphatic carbocycles. The third-order valence-corrected chi connectivity index (χ3v) is 3.71. The van der Waals surface area contributed by atoms with Gasteiger partial charge in [-0.05, 0) is 17.7 Å². The summed E-state index contributed by atoms with van der Waals surface area (Å²) in [6.45, 7) is 0.689. The van der Waals surface area contributed by atoms with Gasteiger partial charge in [0.1, 0.15) is 0 Å². The van der Waals surface area contributed by atoms with Crippen LogP contribution in [0, 0.1) is 0 Å². The zero-order chi connectivity index (χ0) is 15.2. The highest BCUT2D eigenvalue weighted by Gasteiger charge is 2.13. The number of halogens is 1. The van der Waals surface area contributed by atoms with Crippen LogP contribution < -0.4 is 5.73 Å².